The van der Waals surface area contributed by atoms with E-state index in [1.54, 1.807) is 48.8 Å². The highest BCUT2D eigenvalue weighted by atomic mass is 35.5. The predicted molar refractivity (Wildman–Crippen MR) is 155 cm³/mol. The summed E-state index contributed by atoms with van der Waals surface area (Å²) in [6.45, 7) is 3.73. The quantitative estimate of drug-likeness (QED) is 0.284. The molecule has 0 amide bonds. The van der Waals surface area contributed by atoms with Crippen LogP contribution in [0.2, 0.25) is 10.0 Å². The molecule has 0 fully saturated rings. The minimum absolute atomic E-state index is 0.214. The largest absolute Gasteiger partial charge is 0.463 e. The predicted octanol–water partition coefficient (Wildman–Crippen LogP) is 5.43. The fourth-order valence-electron chi connectivity index (χ4n) is 4.43. The molecule has 1 aliphatic rings. The van der Waals surface area contributed by atoms with Crippen molar-refractivity contribution in [2.45, 2.75) is 19.9 Å². The number of thiazole rings is 1. The zero-order valence-corrected chi connectivity index (χ0v) is 24.0. The molecule has 1 atom stereocenters. The van der Waals surface area contributed by atoms with Crippen molar-refractivity contribution in [1.82, 2.24) is 4.57 Å². The number of aromatic nitrogens is 1. The van der Waals surface area contributed by atoms with Crippen molar-refractivity contribution in [3.05, 3.63) is 107 Å². The van der Waals surface area contributed by atoms with E-state index in [0.29, 0.717) is 42.2 Å². The Morgan fingerprint density at radius 1 is 1.13 bits per heavy atom. The highest BCUT2D eigenvalue weighted by Crippen LogP contribution is 2.32. The first kappa shape index (κ1) is 27.0. The molecule has 0 aliphatic carbocycles. The molecule has 0 spiro atoms. The maximum atomic E-state index is 13.8. The summed E-state index contributed by atoms with van der Waals surface area (Å²) in [5.74, 6) is 0.591. The second-order valence-corrected chi connectivity index (χ2v) is 10.9. The van der Waals surface area contributed by atoms with Gasteiger partial charge in [0.2, 0.25) is 0 Å². The number of ether oxygens (including phenoxy) is 1. The molecule has 10 heteroatoms. The van der Waals surface area contributed by atoms with Crippen LogP contribution in [0, 0.1) is 0 Å². The summed E-state index contributed by atoms with van der Waals surface area (Å²) >= 11 is 13.4. The van der Waals surface area contributed by atoms with Gasteiger partial charge in [0.05, 0.1) is 38.5 Å². The smallest absolute Gasteiger partial charge is 0.338 e. The second kappa shape index (κ2) is 10.9. The number of hydrogen-bond donors (Lipinski definition) is 0. The number of rotatable bonds is 6. The van der Waals surface area contributed by atoms with Crippen molar-refractivity contribution in [2.24, 2.45) is 4.99 Å². The van der Waals surface area contributed by atoms with E-state index >= 15 is 0 Å². The molecule has 3 heterocycles. The average Bonchev–Trinajstić information content (AvgIpc) is 3.49. The third-order valence-corrected chi connectivity index (χ3v) is 8.07. The lowest BCUT2D eigenvalue weighted by Crippen LogP contribution is -2.39. The lowest BCUT2D eigenvalue weighted by atomic mass is 9.95. The van der Waals surface area contributed by atoms with Gasteiger partial charge in [0.25, 0.3) is 5.56 Å². The molecule has 5 rings (SSSR count). The number of anilines is 1. The van der Waals surface area contributed by atoms with E-state index in [4.69, 9.17) is 32.4 Å². The average molecular weight is 583 g/mol. The van der Waals surface area contributed by atoms with E-state index in [1.807, 2.05) is 49.3 Å². The Labute approximate surface area is 238 Å². The molecule has 2 aromatic carbocycles. The van der Waals surface area contributed by atoms with Gasteiger partial charge in [0, 0.05) is 31.4 Å². The molecule has 0 bridgehead atoms. The summed E-state index contributed by atoms with van der Waals surface area (Å²) < 4.78 is 13.3. The number of carbonyl (C=O) groups is 1. The molecule has 4 aromatic rings. The third-order valence-electron chi connectivity index (χ3n) is 6.35. The maximum absolute atomic E-state index is 13.8. The van der Waals surface area contributed by atoms with E-state index in [-0.39, 0.29) is 12.2 Å². The van der Waals surface area contributed by atoms with Crippen LogP contribution in [-0.2, 0) is 9.53 Å². The number of allylic oxidation sites excluding steroid dienone is 1. The van der Waals surface area contributed by atoms with Gasteiger partial charge in [-0.15, -0.1) is 0 Å². The van der Waals surface area contributed by atoms with Crippen molar-refractivity contribution in [1.29, 1.82) is 0 Å². The molecule has 39 heavy (non-hydrogen) atoms. The molecular weight excluding hydrogens is 557 g/mol. The number of furan rings is 1. The minimum atomic E-state index is -0.679. The van der Waals surface area contributed by atoms with Crippen molar-refractivity contribution < 1.29 is 13.9 Å². The fourth-order valence-corrected chi connectivity index (χ4v) is 5.75. The summed E-state index contributed by atoms with van der Waals surface area (Å²) in [6, 6.07) is 15.9. The van der Waals surface area contributed by atoms with E-state index in [0.717, 1.165) is 16.8 Å². The van der Waals surface area contributed by atoms with Gasteiger partial charge in [-0.3, -0.25) is 9.36 Å². The van der Waals surface area contributed by atoms with Gasteiger partial charge < -0.3 is 14.1 Å². The molecule has 2 aromatic heterocycles. The molecule has 0 radical (unpaired) electrons. The van der Waals surface area contributed by atoms with Gasteiger partial charge in [-0.2, -0.15) is 0 Å². The Hall–Kier alpha value is -3.59. The first-order valence-electron chi connectivity index (χ1n) is 12.2. The van der Waals surface area contributed by atoms with Crippen molar-refractivity contribution in [3.63, 3.8) is 0 Å². The second-order valence-electron chi connectivity index (χ2n) is 9.12. The number of hydrogen-bond acceptors (Lipinski definition) is 7. The molecule has 7 nitrogen and oxygen atoms in total. The summed E-state index contributed by atoms with van der Waals surface area (Å²) in [7, 11) is 3.90. The molecule has 0 saturated heterocycles. The normalized spacial score (nSPS) is 15.2. The molecular formula is C29H25Cl2N3O4S. The Balaban J connectivity index is 1.62. The summed E-state index contributed by atoms with van der Waals surface area (Å²) in [5.41, 5.74) is 3.13. The number of esters is 1. The molecule has 0 unspecified atom stereocenters. The number of nitrogens with zero attached hydrogens (tertiary/aromatic N) is 3. The van der Waals surface area contributed by atoms with Gasteiger partial charge in [0.1, 0.15) is 11.5 Å². The highest BCUT2D eigenvalue weighted by molar-refractivity contribution is 7.07. The van der Waals surface area contributed by atoms with Crippen LogP contribution in [0.1, 0.15) is 31.2 Å². The maximum Gasteiger partial charge on any atom is 0.338 e. The number of benzene rings is 2. The molecule has 200 valence electrons. The van der Waals surface area contributed by atoms with Crippen LogP contribution < -0.4 is 19.8 Å². The lowest BCUT2D eigenvalue weighted by Gasteiger charge is -2.25. The summed E-state index contributed by atoms with van der Waals surface area (Å²) in [5, 5.41) is 0.878. The lowest BCUT2D eigenvalue weighted by molar-refractivity contribution is -0.139. The topological polar surface area (TPSA) is 77.0 Å². The van der Waals surface area contributed by atoms with Crippen LogP contribution in [-0.4, -0.2) is 31.2 Å². The Kier molecular flexibility index (Phi) is 7.53. The Morgan fingerprint density at radius 2 is 1.87 bits per heavy atom. The van der Waals surface area contributed by atoms with Gasteiger partial charge in [-0.1, -0.05) is 46.7 Å². The first-order valence-corrected chi connectivity index (χ1v) is 13.8. The van der Waals surface area contributed by atoms with Crippen LogP contribution in [0.5, 0.6) is 0 Å². The molecule has 0 saturated carbocycles. The van der Waals surface area contributed by atoms with E-state index in [1.165, 1.54) is 11.3 Å². The SMILES string of the molecule is CCOC(=O)C1=C(C)N=c2s/c(=C\c3ccc(-c4ccc(Cl)c(Cl)c4)o3)c(=O)n2[C@@H]1c1ccc(N(C)C)cc1. The first-order chi connectivity index (χ1) is 18.7. The van der Waals surface area contributed by atoms with E-state index in [9.17, 15) is 9.59 Å². The number of fused-ring (bicyclic) bond motifs is 1. The third kappa shape index (κ3) is 5.20. The highest BCUT2D eigenvalue weighted by Gasteiger charge is 2.33. The van der Waals surface area contributed by atoms with Crippen molar-refractivity contribution in [2.75, 3.05) is 25.6 Å². The van der Waals surface area contributed by atoms with Crippen molar-refractivity contribution in [3.8, 4) is 11.3 Å². The van der Waals surface area contributed by atoms with Gasteiger partial charge in [-0.05, 0) is 61.9 Å². The van der Waals surface area contributed by atoms with Crippen LogP contribution >= 0.6 is 34.5 Å². The van der Waals surface area contributed by atoms with E-state index < -0.39 is 12.0 Å². The zero-order valence-electron chi connectivity index (χ0n) is 21.7. The fraction of sp³-hybridized carbons (Fsp3) is 0.207. The number of carbonyl (C=O) groups excluding carboxylic acids is 1. The summed E-state index contributed by atoms with van der Waals surface area (Å²) in [6.07, 6.45) is 1.68. The van der Waals surface area contributed by atoms with Crippen LogP contribution in [0.3, 0.4) is 0 Å². The zero-order chi connectivity index (χ0) is 27.8. The van der Waals surface area contributed by atoms with Gasteiger partial charge in [-0.25, -0.2) is 9.79 Å². The van der Waals surface area contributed by atoms with Crippen molar-refractivity contribution >= 4 is 52.3 Å². The van der Waals surface area contributed by atoms with Gasteiger partial charge >= 0.3 is 5.97 Å². The van der Waals surface area contributed by atoms with Crippen LogP contribution in [0.4, 0.5) is 5.69 Å². The summed E-state index contributed by atoms with van der Waals surface area (Å²) in [4.78, 5) is 34.0. The molecule has 1 aliphatic heterocycles. The van der Waals surface area contributed by atoms with E-state index in [2.05, 4.69) is 4.99 Å². The Bertz CT molecular complexity index is 1780. The minimum Gasteiger partial charge on any atom is -0.463 e. The molecule has 0 N–H and O–H groups in total. The Morgan fingerprint density at radius 3 is 2.54 bits per heavy atom. The number of halogens is 2. The monoisotopic (exact) mass is 581 g/mol. The van der Waals surface area contributed by atoms with Gasteiger partial charge in [0.15, 0.2) is 4.80 Å². The standard InChI is InChI=1S/C29H25Cl2N3O4S/c1-5-37-28(36)25-16(2)32-29-34(26(25)17-6-9-19(10-7-17)33(3)4)27(35)24(39-29)15-20-11-13-23(38-20)18-8-12-21(30)22(31)14-18/h6-15,26H,5H2,1-4H3/b24-15-/t26-/m1/s1. The van der Waals surface area contributed by atoms with Crippen LogP contribution in [0.25, 0.3) is 17.4 Å². The van der Waals surface area contributed by atoms with Crippen LogP contribution in [0.15, 0.2) is 80.1 Å².